The Kier molecular flexibility index (Phi) is 4.54. The lowest BCUT2D eigenvalue weighted by Gasteiger charge is -2.09. The molecule has 0 spiro atoms. The lowest BCUT2D eigenvalue weighted by molar-refractivity contribution is -0.118. The summed E-state index contributed by atoms with van der Waals surface area (Å²) in [5, 5.41) is 14.0. The molecule has 4 nitrogen and oxygen atoms in total. The van der Waals surface area contributed by atoms with Crippen molar-refractivity contribution >= 4 is 22.4 Å². The fraction of sp³-hybridized carbons (Fsp3) is 0.105. The summed E-state index contributed by atoms with van der Waals surface area (Å²) < 4.78 is 5.54. The van der Waals surface area contributed by atoms with Crippen molar-refractivity contribution in [3.63, 3.8) is 0 Å². The topological polar surface area (TPSA) is 58.6 Å². The Morgan fingerprint density at radius 3 is 2.61 bits per heavy atom. The summed E-state index contributed by atoms with van der Waals surface area (Å²) in [4.78, 5) is 12.0. The second-order valence-corrected chi connectivity index (χ2v) is 5.20. The number of rotatable bonds is 5. The molecule has 116 valence electrons. The number of aliphatic hydroxyl groups is 1. The third-order valence-corrected chi connectivity index (χ3v) is 3.48. The first-order chi connectivity index (χ1) is 11.2. The van der Waals surface area contributed by atoms with Crippen LogP contribution < -0.4 is 10.1 Å². The minimum atomic E-state index is -0.242. The van der Waals surface area contributed by atoms with Crippen LogP contribution in [0.4, 0.5) is 5.69 Å². The number of fused-ring (bicyclic) bond motifs is 1. The van der Waals surface area contributed by atoms with Crippen molar-refractivity contribution in [2.24, 2.45) is 0 Å². The normalized spacial score (nSPS) is 10.5. The van der Waals surface area contributed by atoms with E-state index in [9.17, 15) is 4.79 Å². The highest BCUT2D eigenvalue weighted by atomic mass is 16.5. The number of nitrogens with one attached hydrogen (secondary N) is 1. The van der Waals surface area contributed by atoms with Gasteiger partial charge in [0.05, 0.1) is 6.61 Å². The van der Waals surface area contributed by atoms with Crippen LogP contribution in [0.1, 0.15) is 5.56 Å². The zero-order valence-electron chi connectivity index (χ0n) is 12.5. The van der Waals surface area contributed by atoms with Gasteiger partial charge in [0.15, 0.2) is 6.61 Å². The highest BCUT2D eigenvalue weighted by Crippen LogP contribution is 2.20. The van der Waals surface area contributed by atoms with Crippen LogP contribution in [0.15, 0.2) is 66.7 Å². The van der Waals surface area contributed by atoms with Gasteiger partial charge in [-0.15, -0.1) is 0 Å². The summed E-state index contributed by atoms with van der Waals surface area (Å²) in [5.41, 5.74) is 1.39. The van der Waals surface area contributed by atoms with Crippen LogP contribution in [0.25, 0.3) is 10.8 Å². The van der Waals surface area contributed by atoms with Gasteiger partial charge in [-0.1, -0.05) is 42.5 Å². The second-order valence-electron chi connectivity index (χ2n) is 5.20. The molecular formula is C19H17NO3. The van der Waals surface area contributed by atoms with Gasteiger partial charge >= 0.3 is 0 Å². The van der Waals surface area contributed by atoms with E-state index in [0.717, 1.165) is 16.3 Å². The van der Waals surface area contributed by atoms with E-state index in [1.54, 1.807) is 24.3 Å². The predicted octanol–water partition coefficient (Wildman–Crippen LogP) is 3.35. The average Bonchev–Trinajstić information content (AvgIpc) is 2.60. The van der Waals surface area contributed by atoms with E-state index < -0.39 is 0 Å². The van der Waals surface area contributed by atoms with E-state index in [1.807, 2.05) is 42.5 Å². The van der Waals surface area contributed by atoms with Crippen LogP contribution in [-0.2, 0) is 11.4 Å². The zero-order chi connectivity index (χ0) is 16.1. The predicted molar refractivity (Wildman–Crippen MR) is 90.4 cm³/mol. The number of ether oxygens (including phenoxy) is 1. The molecule has 0 radical (unpaired) electrons. The summed E-state index contributed by atoms with van der Waals surface area (Å²) in [6.07, 6.45) is 0. The SMILES string of the molecule is O=C(COc1ccc2ccccc2c1)Nc1cccc(CO)c1. The van der Waals surface area contributed by atoms with Crippen molar-refractivity contribution in [2.75, 3.05) is 11.9 Å². The molecule has 3 rings (SSSR count). The average molecular weight is 307 g/mol. The summed E-state index contributed by atoms with van der Waals surface area (Å²) in [6.45, 7) is -0.126. The molecule has 2 N–H and O–H groups in total. The van der Waals surface area contributed by atoms with Gasteiger partial charge in [0.25, 0.3) is 5.91 Å². The largest absolute Gasteiger partial charge is 0.484 e. The summed E-state index contributed by atoms with van der Waals surface area (Å²) in [7, 11) is 0. The second kappa shape index (κ2) is 6.94. The van der Waals surface area contributed by atoms with Gasteiger partial charge in [0, 0.05) is 5.69 Å². The molecule has 23 heavy (non-hydrogen) atoms. The zero-order valence-corrected chi connectivity index (χ0v) is 12.5. The van der Waals surface area contributed by atoms with Gasteiger partial charge in [-0.25, -0.2) is 0 Å². The molecule has 0 aromatic heterocycles. The van der Waals surface area contributed by atoms with E-state index >= 15 is 0 Å². The van der Waals surface area contributed by atoms with E-state index in [1.165, 1.54) is 0 Å². The maximum Gasteiger partial charge on any atom is 0.262 e. The molecule has 0 unspecified atom stereocenters. The maximum absolute atomic E-state index is 12.0. The summed E-state index contributed by atoms with van der Waals surface area (Å²) >= 11 is 0. The van der Waals surface area contributed by atoms with Crippen molar-refractivity contribution in [2.45, 2.75) is 6.61 Å². The first-order valence-electron chi connectivity index (χ1n) is 7.36. The summed E-state index contributed by atoms with van der Waals surface area (Å²) in [6, 6.07) is 20.8. The first-order valence-corrected chi connectivity index (χ1v) is 7.36. The van der Waals surface area contributed by atoms with Crippen LogP contribution in [0, 0.1) is 0 Å². The maximum atomic E-state index is 12.0. The Bertz CT molecular complexity index is 829. The van der Waals surface area contributed by atoms with E-state index in [-0.39, 0.29) is 19.1 Å². The highest BCUT2D eigenvalue weighted by molar-refractivity contribution is 5.92. The fourth-order valence-corrected chi connectivity index (χ4v) is 2.35. The molecule has 3 aromatic rings. The minimum absolute atomic E-state index is 0.0582. The summed E-state index contributed by atoms with van der Waals surface area (Å²) in [5.74, 6) is 0.413. The Morgan fingerprint density at radius 1 is 0.957 bits per heavy atom. The molecule has 0 saturated carbocycles. The smallest absolute Gasteiger partial charge is 0.262 e. The number of anilines is 1. The molecule has 0 aliphatic heterocycles. The Hall–Kier alpha value is -2.85. The van der Waals surface area contributed by atoms with Gasteiger partial charge in [0.2, 0.25) is 0 Å². The number of benzene rings is 3. The molecule has 4 heteroatoms. The Balaban J connectivity index is 1.61. The Morgan fingerprint density at radius 2 is 1.78 bits per heavy atom. The number of carbonyl (C=O) groups is 1. The number of amides is 1. The monoisotopic (exact) mass is 307 g/mol. The molecule has 1 amide bonds. The van der Waals surface area contributed by atoms with E-state index in [4.69, 9.17) is 9.84 Å². The van der Waals surface area contributed by atoms with Crippen molar-refractivity contribution < 1.29 is 14.6 Å². The molecule has 0 aliphatic rings. The van der Waals surface area contributed by atoms with Crippen LogP contribution >= 0.6 is 0 Å². The standard InChI is InChI=1S/C19H17NO3/c21-12-14-4-3-7-17(10-14)20-19(22)13-23-18-9-8-15-5-1-2-6-16(15)11-18/h1-11,21H,12-13H2,(H,20,22). The lowest BCUT2D eigenvalue weighted by Crippen LogP contribution is -2.20. The van der Waals surface area contributed by atoms with Gasteiger partial charge < -0.3 is 15.2 Å². The van der Waals surface area contributed by atoms with Gasteiger partial charge in [-0.05, 0) is 40.6 Å². The van der Waals surface area contributed by atoms with Crippen molar-refractivity contribution in [3.8, 4) is 5.75 Å². The molecular weight excluding hydrogens is 290 g/mol. The lowest BCUT2D eigenvalue weighted by atomic mass is 10.1. The minimum Gasteiger partial charge on any atom is -0.484 e. The third kappa shape index (κ3) is 3.87. The van der Waals surface area contributed by atoms with Crippen molar-refractivity contribution in [3.05, 3.63) is 72.3 Å². The quantitative estimate of drug-likeness (QED) is 0.760. The molecule has 0 bridgehead atoms. The van der Waals surface area contributed by atoms with Crippen LogP contribution in [0.3, 0.4) is 0 Å². The molecule has 0 saturated heterocycles. The molecule has 0 fully saturated rings. The molecule has 0 aliphatic carbocycles. The van der Waals surface area contributed by atoms with Crippen molar-refractivity contribution in [1.29, 1.82) is 0 Å². The highest BCUT2D eigenvalue weighted by Gasteiger charge is 2.05. The van der Waals surface area contributed by atoms with Crippen LogP contribution in [-0.4, -0.2) is 17.6 Å². The molecule has 3 aromatic carbocycles. The van der Waals surface area contributed by atoms with E-state index in [2.05, 4.69) is 5.32 Å². The molecule has 0 atom stereocenters. The van der Waals surface area contributed by atoms with Crippen LogP contribution in [0.5, 0.6) is 5.75 Å². The number of hydrogen-bond donors (Lipinski definition) is 2. The van der Waals surface area contributed by atoms with Gasteiger partial charge in [-0.3, -0.25) is 4.79 Å². The fourth-order valence-electron chi connectivity index (χ4n) is 2.35. The van der Waals surface area contributed by atoms with Crippen LogP contribution in [0.2, 0.25) is 0 Å². The number of carbonyl (C=O) groups excluding carboxylic acids is 1. The van der Waals surface area contributed by atoms with E-state index in [0.29, 0.717) is 11.4 Å². The van der Waals surface area contributed by atoms with Gasteiger partial charge in [0.1, 0.15) is 5.75 Å². The number of hydrogen-bond acceptors (Lipinski definition) is 3. The Labute approximate surface area is 134 Å². The van der Waals surface area contributed by atoms with Crippen molar-refractivity contribution in [1.82, 2.24) is 0 Å². The third-order valence-electron chi connectivity index (χ3n) is 3.48. The van der Waals surface area contributed by atoms with Gasteiger partial charge in [-0.2, -0.15) is 0 Å². The molecule has 0 heterocycles. The first kappa shape index (κ1) is 15.1. The number of aliphatic hydroxyl groups excluding tert-OH is 1.